The highest BCUT2D eigenvalue weighted by Gasteiger charge is 2.28. The number of hydrogen-bond acceptors (Lipinski definition) is 4. The average molecular weight is 380 g/mol. The van der Waals surface area contributed by atoms with Crippen molar-refractivity contribution in [3.05, 3.63) is 65.1 Å². The lowest BCUT2D eigenvalue weighted by Gasteiger charge is -2.30. The smallest absolute Gasteiger partial charge is 0.263 e. The quantitative estimate of drug-likeness (QED) is 0.480. The fourth-order valence-electron chi connectivity index (χ4n) is 3.68. The van der Waals surface area contributed by atoms with Gasteiger partial charge in [-0.15, -0.1) is 11.3 Å². The first-order valence-corrected chi connectivity index (χ1v) is 9.83. The van der Waals surface area contributed by atoms with Crippen LogP contribution in [0.1, 0.15) is 34.3 Å². The summed E-state index contributed by atoms with van der Waals surface area (Å²) < 4.78 is 20.6. The van der Waals surface area contributed by atoms with Gasteiger partial charge in [0.2, 0.25) is 0 Å². The van der Waals surface area contributed by atoms with Crippen LogP contribution < -0.4 is 0 Å². The number of thiophene rings is 1. The Morgan fingerprint density at radius 1 is 1.15 bits per heavy atom. The van der Waals surface area contributed by atoms with Crippen LogP contribution in [0.15, 0.2) is 52.9 Å². The average Bonchev–Trinajstić information content (AvgIpc) is 3.32. The first-order valence-electron chi connectivity index (χ1n) is 9.02. The van der Waals surface area contributed by atoms with Crippen LogP contribution in [0, 0.1) is 5.82 Å². The van der Waals surface area contributed by atoms with E-state index in [0.717, 1.165) is 34.5 Å². The van der Waals surface area contributed by atoms with Gasteiger partial charge in [-0.3, -0.25) is 4.79 Å². The molecule has 27 heavy (non-hydrogen) atoms. The van der Waals surface area contributed by atoms with Crippen LogP contribution in [0.2, 0.25) is 0 Å². The van der Waals surface area contributed by atoms with Crippen molar-refractivity contribution in [2.24, 2.45) is 0 Å². The number of carbonyl (C=O) groups is 1. The van der Waals surface area contributed by atoms with Crippen molar-refractivity contribution >= 4 is 38.4 Å². The number of fused-ring (bicyclic) bond motifs is 2. The predicted octanol–water partition coefficient (Wildman–Crippen LogP) is 5.20. The van der Waals surface area contributed by atoms with Crippen molar-refractivity contribution in [1.29, 1.82) is 0 Å². The van der Waals surface area contributed by atoms with Gasteiger partial charge in [0.25, 0.3) is 5.91 Å². The second-order valence-electron chi connectivity index (χ2n) is 6.85. The third-order valence-electron chi connectivity index (χ3n) is 5.16. The molecule has 1 saturated heterocycles. The number of rotatable bonds is 2. The molecule has 0 N–H and O–H groups in total. The van der Waals surface area contributed by atoms with E-state index >= 15 is 0 Å². The minimum Gasteiger partial charge on any atom is -0.440 e. The van der Waals surface area contributed by atoms with Gasteiger partial charge in [-0.25, -0.2) is 9.37 Å². The zero-order valence-corrected chi connectivity index (χ0v) is 15.3. The van der Waals surface area contributed by atoms with E-state index in [4.69, 9.17) is 4.42 Å². The number of amides is 1. The van der Waals surface area contributed by atoms with E-state index in [0.29, 0.717) is 23.4 Å². The molecule has 3 heterocycles. The minimum absolute atomic E-state index is 0.0217. The molecule has 4 aromatic rings. The summed E-state index contributed by atoms with van der Waals surface area (Å²) >= 11 is 1.35. The fraction of sp³-hybridized carbons (Fsp3) is 0.238. The molecule has 136 valence electrons. The Balaban J connectivity index is 1.31. The normalized spacial score (nSPS) is 15.7. The lowest BCUT2D eigenvalue weighted by Crippen LogP contribution is -2.37. The highest BCUT2D eigenvalue weighted by atomic mass is 32.1. The Morgan fingerprint density at radius 2 is 1.96 bits per heavy atom. The molecular formula is C21H17FN2O2S. The summed E-state index contributed by atoms with van der Waals surface area (Å²) in [4.78, 5) is 19.9. The summed E-state index contributed by atoms with van der Waals surface area (Å²) in [6, 6.07) is 14.4. The van der Waals surface area contributed by atoms with Gasteiger partial charge in [0.05, 0.1) is 4.88 Å². The van der Waals surface area contributed by atoms with E-state index in [1.807, 2.05) is 35.2 Å². The van der Waals surface area contributed by atoms with Crippen LogP contribution in [-0.2, 0) is 0 Å². The Morgan fingerprint density at radius 3 is 2.74 bits per heavy atom. The second kappa shape index (κ2) is 6.46. The number of likely N-dealkylation sites (tertiary alicyclic amines) is 1. The molecule has 0 saturated carbocycles. The molecule has 0 spiro atoms. The molecule has 1 amide bonds. The second-order valence-corrected chi connectivity index (χ2v) is 7.93. The standard InChI is InChI=1S/C21H17FN2O2S/c22-15-4-3-7-18-14(15)12-19(27-18)21(25)24-10-8-13(9-11-24)20-23-16-5-1-2-6-17(16)26-20/h1-7,12-13H,8-11H2. The zero-order chi connectivity index (χ0) is 18.4. The van der Waals surface area contributed by atoms with E-state index in [1.165, 1.54) is 17.4 Å². The predicted molar refractivity (Wildman–Crippen MR) is 104 cm³/mol. The van der Waals surface area contributed by atoms with Gasteiger partial charge in [0.1, 0.15) is 11.3 Å². The molecule has 2 aromatic carbocycles. The van der Waals surface area contributed by atoms with Gasteiger partial charge >= 0.3 is 0 Å². The molecule has 2 aromatic heterocycles. The lowest BCUT2D eigenvalue weighted by molar-refractivity contribution is 0.0711. The van der Waals surface area contributed by atoms with Crippen molar-refractivity contribution in [3.63, 3.8) is 0 Å². The summed E-state index contributed by atoms with van der Waals surface area (Å²) in [7, 11) is 0. The molecule has 0 radical (unpaired) electrons. The molecule has 0 atom stereocenters. The molecular weight excluding hydrogens is 363 g/mol. The maximum absolute atomic E-state index is 13.9. The summed E-state index contributed by atoms with van der Waals surface area (Å²) in [5.74, 6) is 0.678. The van der Waals surface area contributed by atoms with Gasteiger partial charge < -0.3 is 9.32 Å². The topological polar surface area (TPSA) is 46.3 Å². The number of para-hydroxylation sites is 2. The lowest BCUT2D eigenvalue weighted by atomic mass is 9.96. The van der Waals surface area contributed by atoms with Crippen molar-refractivity contribution in [2.45, 2.75) is 18.8 Å². The van der Waals surface area contributed by atoms with E-state index in [9.17, 15) is 9.18 Å². The minimum atomic E-state index is -0.280. The summed E-state index contributed by atoms with van der Waals surface area (Å²) in [5.41, 5.74) is 1.68. The number of halogens is 1. The Hall–Kier alpha value is -2.73. The Labute approximate surface area is 159 Å². The van der Waals surface area contributed by atoms with Gasteiger partial charge in [-0.2, -0.15) is 0 Å². The zero-order valence-electron chi connectivity index (χ0n) is 14.5. The maximum Gasteiger partial charge on any atom is 0.263 e. The van der Waals surface area contributed by atoms with Crippen LogP contribution >= 0.6 is 11.3 Å². The molecule has 0 unspecified atom stereocenters. The Kier molecular flexibility index (Phi) is 3.93. The number of benzene rings is 2. The molecule has 1 aliphatic rings. The van der Waals surface area contributed by atoms with Crippen molar-refractivity contribution in [3.8, 4) is 0 Å². The molecule has 5 rings (SSSR count). The van der Waals surface area contributed by atoms with Crippen molar-refractivity contribution in [2.75, 3.05) is 13.1 Å². The largest absolute Gasteiger partial charge is 0.440 e. The van der Waals surface area contributed by atoms with E-state index in [1.54, 1.807) is 12.1 Å². The van der Waals surface area contributed by atoms with Gasteiger partial charge in [-0.1, -0.05) is 18.2 Å². The number of hydrogen-bond donors (Lipinski definition) is 0. The van der Waals surface area contributed by atoms with Gasteiger partial charge in [0.15, 0.2) is 11.5 Å². The van der Waals surface area contributed by atoms with Crippen LogP contribution in [0.4, 0.5) is 4.39 Å². The summed E-state index contributed by atoms with van der Waals surface area (Å²) in [6.07, 6.45) is 1.63. The summed E-state index contributed by atoms with van der Waals surface area (Å²) in [5, 5.41) is 0.521. The number of oxazole rings is 1. The highest BCUT2D eigenvalue weighted by Crippen LogP contribution is 2.32. The molecule has 4 nitrogen and oxygen atoms in total. The number of carbonyl (C=O) groups excluding carboxylic acids is 1. The third kappa shape index (κ3) is 2.90. The van der Waals surface area contributed by atoms with Gasteiger partial charge in [-0.05, 0) is 43.2 Å². The first-order chi connectivity index (χ1) is 13.2. The van der Waals surface area contributed by atoms with Crippen molar-refractivity contribution in [1.82, 2.24) is 9.88 Å². The van der Waals surface area contributed by atoms with E-state index in [-0.39, 0.29) is 17.6 Å². The van der Waals surface area contributed by atoms with Crippen molar-refractivity contribution < 1.29 is 13.6 Å². The first kappa shape index (κ1) is 16.4. The Bertz CT molecular complexity index is 1110. The molecule has 6 heteroatoms. The fourth-order valence-corrected chi connectivity index (χ4v) is 4.72. The SMILES string of the molecule is O=C(c1cc2c(F)cccc2s1)N1CCC(c2nc3ccccc3o2)CC1. The molecule has 1 fully saturated rings. The van der Waals surface area contributed by atoms with Gasteiger partial charge in [0, 0.05) is 29.1 Å². The molecule has 0 bridgehead atoms. The summed E-state index contributed by atoms with van der Waals surface area (Å²) in [6.45, 7) is 1.30. The van der Waals surface area contributed by atoms with E-state index < -0.39 is 0 Å². The van der Waals surface area contributed by atoms with Crippen LogP contribution in [0.3, 0.4) is 0 Å². The van der Waals surface area contributed by atoms with E-state index in [2.05, 4.69) is 4.98 Å². The third-order valence-corrected chi connectivity index (χ3v) is 6.25. The number of piperidine rings is 1. The number of nitrogens with zero attached hydrogens (tertiary/aromatic N) is 2. The van der Waals surface area contributed by atoms with Crippen LogP contribution in [0.5, 0.6) is 0 Å². The number of aromatic nitrogens is 1. The van der Waals surface area contributed by atoms with Crippen LogP contribution in [0.25, 0.3) is 21.2 Å². The monoisotopic (exact) mass is 380 g/mol. The van der Waals surface area contributed by atoms with Crippen LogP contribution in [-0.4, -0.2) is 28.9 Å². The molecule has 0 aliphatic carbocycles. The molecule has 1 aliphatic heterocycles. The maximum atomic E-state index is 13.9. The highest BCUT2D eigenvalue weighted by molar-refractivity contribution is 7.20.